The van der Waals surface area contributed by atoms with Crippen molar-refractivity contribution in [2.75, 3.05) is 23.6 Å². The number of hydrogen-bond donors (Lipinski definition) is 3. The van der Waals surface area contributed by atoms with E-state index in [0.29, 0.717) is 11.5 Å². The lowest BCUT2D eigenvalue weighted by atomic mass is 10.1. The van der Waals surface area contributed by atoms with Gasteiger partial charge < -0.3 is 10.1 Å². The monoisotopic (exact) mass is 498 g/mol. The van der Waals surface area contributed by atoms with Crippen LogP contribution in [0.5, 0.6) is 5.75 Å². The highest BCUT2D eigenvalue weighted by atomic mass is 35.5. The smallest absolute Gasteiger partial charge is 0.416 e. The van der Waals surface area contributed by atoms with Crippen LogP contribution in [0, 0.1) is 0 Å². The predicted molar refractivity (Wildman–Crippen MR) is 121 cm³/mol. The van der Waals surface area contributed by atoms with E-state index in [1.54, 1.807) is 14.0 Å². The number of aromatic nitrogens is 3. The summed E-state index contributed by atoms with van der Waals surface area (Å²) in [5.41, 5.74) is 3.22. The molecule has 0 aliphatic heterocycles. The fourth-order valence-corrected chi connectivity index (χ4v) is 3.29. The number of nitrogens with one attached hydrogen (secondary N) is 3. The number of anilines is 2. The van der Waals surface area contributed by atoms with Gasteiger partial charge in [0.05, 0.1) is 34.8 Å². The predicted octanol–water partition coefficient (Wildman–Crippen LogP) is 5.05. The standard InChI is InChI=1S/C20H18ClF3N6O2S/c1-11(12-4-3-5-14(8-12)32-2)27-28-18-26-19(30-29-18)33-10-17(31)25-16-9-13(20(22,23)24)6-7-15(16)21/h3-9H,10H2,1-2H3,(H,25,31)(H2,26,28,29,30)/b27-11+. The molecule has 0 aliphatic carbocycles. The van der Waals surface area contributed by atoms with E-state index in [-0.39, 0.29) is 27.6 Å². The Morgan fingerprint density at radius 1 is 1.27 bits per heavy atom. The van der Waals surface area contributed by atoms with E-state index in [9.17, 15) is 18.0 Å². The zero-order valence-corrected chi connectivity index (χ0v) is 18.9. The third-order valence-electron chi connectivity index (χ3n) is 4.18. The second-order valence-electron chi connectivity index (χ2n) is 6.54. The summed E-state index contributed by atoms with van der Waals surface area (Å²) in [6.45, 7) is 1.80. The van der Waals surface area contributed by atoms with Crippen molar-refractivity contribution in [2.45, 2.75) is 18.3 Å². The summed E-state index contributed by atoms with van der Waals surface area (Å²) in [6, 6.07) is 10.1. The zero-order valence-electron chi connectivity index (χ0n) is 17.3. The fraction of sp³-hybridized carbons (Fsp3) is 0.200. The van der Waals surface area contributed by atoms with Crippen molar-refractivity contribution < 1.29 is 22.7 Å². The summed E-state index contributed by atoms with van der Waals surface area (Å²) in [5, 5.41) is 13.4. The lowest BCUT2D eigenvalue weighted by Crippen LogP contribution is -2.15. The fourth-order valence-electron chi connectivity index (χ4n) is 2.52. The number of ether oxygens (including phenoxy) is 1. The molecule has 1 heterocycles. The van der Waals surface area contributed by atoms with Crippen LogP contribution in [0.1, 0.15) is 18.1 Å². The van der Waals surface area contributed by atoms with Crippen LogP contribution in [-0.2, 0) is 11.0 Å². The third kappa shape index (κ3) is 6.86. The second-order valence-corrected chi connectivity index (χ2v) is 7.89. The van der Waals surface area contributed by atoms with E-state index < -0.39 is 17.6 Å². The minimum Gasteiger partial charge on any atom is -0.497 e. The summed E-state index contributed by atoms with van der Waals surface area (Å²) < 4.78 is 43.7. The molecular formula is C20H18ClF3N6O2S. The van der Waals surface area contributed by atoms with E-state index in [1.165, 1.54) is 0 Å². The van der Waals surface area contributed by atoms with Gasteiger partial charge in [0, 0.05) is 5.56 Å². The molecule has 1 amide bonds. The van der Waals surface area contributed by atoms with Gasteiger partial charge in [0.25, 0.3) is 0 Å². The highest BCUT2D eigenvalue weighted by Crippen LogP contribution is 2.34. The molecule has 0 radical (unpaired) electrons. The minimum atomic E-state index is -4.55. The van der Waals surface area contributed by atoms with Gasteiger partial charge in [-0.1, -0.05) is 35.5 Å². The Balaban J connectivity index is 1.55. The Bertz CT molecular complexity index is 1170. The normalized spacial score (nSPS) is 11.9. The van der Waals surface area contributed by atoms with Crippen LogP contribution < -0.4 is 15.5 Å². The van der Waals surface area contributed by atoms with Gasteiger partial charge in [-0.25, -0.2) is 10.5 Å². The van der Waals surface area contributed by atoms with E-state index >= 15 is 0 Å². The highest BCUT2D eigenvalue weighted by Gasteiger charge is 2.31. The van der Waals surface area contributed by atoms with Gasteiger partial charge in [0.2, 0.25) is 17.0 Å². The maximum atomic E-state index is 12.9. The molecule has 0 saturated carbocycles. The Morgan fingerprint density at radius 2 is 2.06 bits per heavy atom. The van der Waals surface area contributed by atoms with E-state index in [1.807, 2.05) is 24.3 Å². The molecule has 3 N–H and O–H groups in total. The van der Waals surface area contributed by atoms with E-state index in [2.05, 4.69) is 31.0 Å². The Morgan fingerprint density at radius 3 is 2.79 bits per heavy atom. The molecule has 0 unspecified atom stereocenters. The zero-order chi connectivity index (χ0) is 24.0. The van der Waals surface area contributed by atoms with Gasteiger partial charge in [0.1, 0.15) is 5.75 Å². The molecule has 0 saturated heterocycles. The first-order chi connectivity index (χ1) is 15.7. The maximum absolute atomic E-state index is 12.9. The Hall–Kier alpha value is -3.25. The number of halogens is 4. The topological polar surface area (TPSA) is 104 Å². The second kappa shape index (κ2) is 10.6. The molecule has 0 bridgehead atoms. The van der Waals surface area contributed by atoms with Crippen LogP contribution in [0.2, 0.25) is 5.02 Å². The molecule has 174 valence electrons. The van der Waals surface area contributed by atoms with Gasteiger partial charge >= 0.3 is 6.18 Å². The number of nitrogens with zero attached hydrogens (tertiary/aromatic N) is 3. The average Bonchev–Trinajstić information content (AvgIpc) is 3.24. The van der Waals surface area contributed by atoms with Gasteiger partial charge in [-0.15, -0.1) is 5.10 Å². The number of hydrogen-bond acceptors (Lipinski definition) is 7. The van der Waals surface area contributed by atoms with Crippen LogP contribution >= 0.6 is 23.4 Å². The quantitative estimate of drug-likeness (QED) is 0.228. The lowest BCUT2D eigenvalue weighted by Gasteiger charge is -2.11. The number of alkyl halides is 3. The van der Waals surface area contributed by atoms with Gasteiger partial charge in [-0.3, -0.25) is 4.79 Å². The summed E-state index contributed by atoms with van der Waals surface area (Å²) >= 11 is 6.87. The molecule has 0 aliphatic rings. The molecular weight excluding hydrogens is 481 g/mol. The first kappa shape index (κ1) is 24.4. The molecule has 0 atom stereocenters. The molecule has 3 rings (SSSR count). The van der Waals surface area contributed by atoms with Crippen molar-refractivity contribution in [3.8, 4) is 5.75 Å². The molecule has 3 aromatic rings. The number of thioether (sulfide) groups is 1. The first-order valence-corrected chi connectivity index (χ1v) is 10.7. The highest BCUT2D eigenvalue weighted by molar-refractivity contribution is 7.99. The van der Waals surface area contributed by atoms with Crippen LogP contribution in [-0.4, -0.2) is 39.7 Å². The number of benzene rings is 2. The molecule has 0 fully saturated rings. The van der Waals surface area contributed by atoms with Gasteiger partial charge in [-0.05, 0) is 37.3 Å². The van der Waals surface area contributed by atoms with Gasteiger partial charge in [-0.2, -0.15) is 23.3 Å². The number of aromatic amines is 1. The van der Waals surface area contributed by atoms with Crippen LogP contribution in [0.4, 0.5) is 24.8 Å². The van der Waals surface area contributed by atoms with Crippen molar-refractivity contribution >= 4 is 46.6 Å². The van der Waals surface area contributed by atoms with Crippen LogP contribution in [0.3, 0.4) is 0 Å². The number of hydrazone groups is 1. The largest absolute Gasteiger partial charge is 0.497 e. The van der Waals surface area contributed by atoms with E-state index in [0.717, 1.165) is 35.5 Å². The van der Waals surface area contributed by atoms with Crippen molar-refractivity contribution in [1.29, 1.82) is 0 Å². The summed E-state index contributed by atoms with van der Waals surface area (Å²) in [7, 11) is 1.58. The summed E-state index contributed by atoms with van der Waals surface area (Å²) in [5.74, 6) is 0.245. The number of H-pyrrole nitrogens is 1. The van der Waals surface area contributed by atoms with Crippen LogP contribution in [0.25, 0.3) is 0 Å². The Labute approximate surface area is 196 Å². The summed E-state index contributed by atoms with van der Waals surface area (Å²) in [6.07, 6.45) is -4.55. The van der Waals surface area contributed by atoms with E-state index in [4.69, 9.17) is 16.3 Å². The van der Waals surface area contributed by atoms with Crippen molar-refractivity contribution in [3.63, 3.8) is 0 Å². The van der Waals surface area contributed by atoms with Crippen molar-refractivity contribution in [2.24, 2.45) is 5.10 Å². The minimum absolute atomic E-state index is 0.00463. The molecule has 0 spiro atoms. The average molecular weight is 499 g/mol. The third-order valence-corrected chi connectivity index (χ3v) is 5.36. The number of amides is 1. The molecule has 2 aromatic carbocycles. The lowest BCUT2D eigenvalue weighted by molar-refractivity contribution is -0.137. The van der Waals surface area contributed by atoms with Crippen molar-refractivity contribution in [3.05, 3.63) is 58.6 Å². The molecule has 8 nitrogen and oxygen atoms in total. The molecule has 13 heteroatoms. The number of methoxy groups -OCH3 is 1. The molecule has 33 heavy (non-hydrogen) atoms. The Kier molecular flexibility index (Phi) is 7.82. The van der Waals surface area contributed by atoms with Gasteiger partial charge in [0.15, 0.2) is 0 Å². The van der Waals surface area contributed by atoms with Crippen molar-refractivity contribution in [1.82, 2.24) is 15.2 Å². The van der Waals surface area contributed by atoms with Crippen LogP contribution in [0.15, 0.2) is 52.7 Å². The molecule has 1 aromatic heterocycles. The number of rotatable bonds is 8. The maximum Gasteiger partial charge on any atom is 0.416 e. The first-order valence-electron chi connectivity index (χ1n) is 9.32. The number of carbonyl (C=O) groups is 1. The SMILES string of the molecule is COc1cccc(/C(C)=N/Nc2nc(SCC(=O)Nc3cc(C(F)(F)F)ccc3Cl)n[nH]2)c1. The summed E-state index contributed by atoms with van der Waals surface area (Å²) in [4.78, 5) is 16.3. The number of carbonyl (C=O) groups excluding carboxylic acids is 1.